The van der Waals surface area contributed by atoms with Crippen LogP contribution in [0.25, 0.3) is 11.1 Å². The Kier molecular flexibility index (Phi) is 7.39. The van der Waals surface area contributed by atoms with Gasteiger partial charge in [-0.25, -0.2) is 8.78 Å². The van der Waals surface area contributed by atoms with Crippen molar-refractivity contribution >= 4 is 23.4 Å². The van der Waals surface area contributed by atoms with E-state index >= 15 is 4.39 Å². The highest BCUT2D eigenvalue weighted by molar-refractivity contribution is 6.09. The highest BCUT2D eigenvalue weighted by Crippen LogP contribution is 2.28. The minimum Gasteiger partial charge on any atom is -0.355 e. The number of hydrogen-bond donors (Lipinski definition) is 5. The third kappa shape index (κ3) is 5.25. The zero-order valence-electron chi connectivity index (χ0n) is 19.5. The molecule has 188 valence electrons. The molecule has 2 aromatic carbocycles. The summed E-state index contributed by atoms with van der Waals surface area (Å²) in [5.74, 6) is -4.02. The molecule has 1 aliphatic carbocycles. The smallest absolute Gasteiger partial charge is 0.271 e. The lowest BCUT2D eigenvalue weighted by Gasteiger charge is -2.26. The van der Waals surface area contributed by atoms with Gasteiger partial charge in [0.15, 0.2) is 0 Å². The third-order valence-corrected chi connectivity index (χ3v) is 6.22. The Morgan fingerprint density at radius 2 is 1.67 bits per heavy atom. The molecule has 1 fully saturated rings. The van der Waals surface area contributed by atoms with Gasteiger partial charge >= 0.3 is 0 Å². The summed E-state index contributed by atoms with van der Waals surface area (Å²) in [6, 6.07) is 8.23. The predicted octanol–water partition coefficient (Wildman–Crippen LogP) is 2.97. The van der Waals surface area contributed by atoms with Crippen LogP contribution < -0.4 is 21.7 Å². The maximum absolute atomic E-state index is 15.3. The van der Waals surface area contributed by atoms with Crippen molar-refractivity contribution in [2.24, 2.45) is 5.73 Å². The number of anilines is 1. The quantitative estimate of drug-likeness (QED) is 0.357. The number of aromatic amines is 1. The van der Waals surface area contributed by atoms with Crippen LogP contribution in [0.15, 0.2) is 42.6 Å². The van der Waals surface area contributed by atoms with E-state index in [-0.39, 0.29) is 34.9 Å². The van der Waals surface area contributed by atoms with Crippen LogP contribution in [0.3, 0.4) is 0 Å². The largest absolute Gasteiger partial charge is 0.355 e. The highest BCUT2D eigenvalue weighted by Gasteiger charge is 2.26. The number of H-pyrrole nitrogens is 1. The van der Waals surface area contributed by atoms with Gasteiger partial charge < -0.3 is 21.7 Å². The molecule has 1 aliphatic rings. The van der Waals surface area contributed by atoms with E-state index in [4.69, 9.17) is 5.73 Å². The summed E-state index contributed by atoms with van der Waals surface area (Å²) in [5.41, 5.74) is 5.75. The first-order chi connectivity index (χ1) is 17.3. The van der Waals surface area contributed by atoms with Crippen molar-refractivity contribution < 1.29 is 23.2 Å². The lowest BCUT2D eigenvalue weighted by atomic mass is 9.92. The van der Waals surface area contributed by atoms with Gasteiger partial charge in [0.1, 0.15) is 22.9 Å². The van der Waals surface area contributed by atoms with Crippen LogP contribution >= 0.6 is 0 Å². The number of carbonyl (C=O) groups is 3. The van der Waals surface area contributed by atoms with Crippen LogP contribution in [0.5, 0.6) is 0 Å². The van der Waals surface area contributed by atoms with Gasteiger partial charge in [0.05, 0.1) is 11.9 Å². The van der Waals surface area contributed by atoms with E-state index in [1.54, 1.807) is 0 Å². The minimum atomic E-state index is -1.08. The molecule has 6 N–H and O–H groups in total. The zero-order chi connectivity index (χ0) is 25.8. The average Bonchev–Trinajstić information content (AvgIpc) is 3.33. The summed E-state index contributed by atoms with van der Waals surface area (Å²) < 4.78 is 29.9. The molecule has 9 nitrogen and oxygen atoms in total. The van der Waals surface area contributed by atoms with Crippen LogP contribution in [0.2, 0.25) is 0 Å². The van der Waals surface area contributed by atoms with E-state index in [2.05, 4.69) is 26.1 Å². The van der Waals surface area contributed by atoms with E-state index in [1.165, 1.54) is 43.6 Å². The van der Waals surface area contributed by atoms with Crippen molar-refractivity contribution in [3.8, 4) is 11.1 Å². The van der Waals surface area contributed by atoms with Crippen molar-refractivity contribution in [1.29, 1.82) is 0 Å². The maximum Gasteiger partial charge on any atom is 0.271 e. The third-order valence-electron chi connectivity index (χ3n) is 6.22. The number of nitrogens with one attached hydrogen (secondary N) is 4. The number of amides is 3. The molecule has 36 heavy (non-hydrogen) atoms. The van der Waals surface area contributed by atoms with Crippen LogP contribution in [-0.4, -0.2) is 47.1 Å². The highest BCUT2D eigenvalue weighted by atomic mass is 19.1. The number of hydrogen-bond acceptors (Lipinski definition) is 5. The van der Waals surface area contributed by atoms with Gasteiger partial charge in [0.2, 0.25) is 0 Å². The van der Waals surface area contributed by atoms with Gasteiger partial charge in [-0.2, -0.15) is 5.10 Å². The first-order valence-electron chi connectivity index (χ1n) is 11.5. The molecule has 0 radical (unpaired) electrons. The molecule has 0 unspecified atom stereocenters. The molecular formula is C25H26F2N6O3. The number of carbonyl (C=O) groups excluding carboxylic acids is 3. The van der Waals surface area contributed by atoms with E-state index < -0.39 is 29.0 Å². The van der Waals surface area contributed by atoms with Crippen molar-refractivity contribution in [2.75, 3.05) is 12.4 Å². The summed E-state index contributed by atoms with van der Waals surface area (Å²) in [4.78, 5) is 37.4. The standard InChI is InChI=1S/C25H26F2N6O3/c1-29-23(34)14-4-2-13(3-5-14)17-10-11-18(26)20(21(17)27)24(35)32-19-12-30-33-22(19)25(36)31-16-8-6-15(28)7-9-16/h2-5,10-12,15-16H,6-9,28H2,1H3,(H,29,34)(H,30,33)(H,31,36)(H,32,35). The lowest BCUT2D eigenvalue weighted by molar-refractivity contribution is 0.0920. The fourth-order valence-electron chi connectivity index (χ4n) is 4.19. The van der Waals surface area contributed by atoms with Crippen LogP contribution in [0.4, 0.5) is 14.5 Å². The van der Waals surface area contributed by atoms with Crippen LogP contribution in [-0.2, 0) is 0 Å². The normalized spacial score (nSPS) is 17.3. The van der Waals surface area contributed by atoms with E-state index in [0.717, 1.165) is 31.7 Å². The first kappa shape index (κ1) is 25.0. The van der Waals surface area contributed by atoms with E-state index in [9.17, 15) is 18.8 Å². The number of nitrogens with zero attached hydrogens (tertiary/aromatic N) is 1. The van der Waals surface area contributed by atoms with Crippen molar-refractivity contribution in [3.05, 3.63) is 71.1 Å². The molecule has 3 aromatic rings. The molecule has 0 saturated heterocycles. The molecule has 0 spiro atoms. The van der Waals surface area contributed by atoms with Crippen molar-refractivity contribution in [3.63, 3.8) is 0 Å². The second-order valence-corrected chi connectivity index (χ2v) is 8.64. The summed E-state index contributed by atoms with van der Waals surface area (Å²) in [6.07, 6.45) is 4.24. The Balaban J connectivity index is 1.53. The summed E-state index contributed by atoms with van der Waals surface area (Å²) >= 11 is 0. The number of benzene rings is 2. The van der Waals surface area contributed by atoms with E-state index in [0.29, 0.717) is 11.1 Å². The van der Waals surface area contributed by atoms with Gasteiger partial charge in [0.25, 0.3) is 17.7 Å². The summed E-state index contributed by atoms with van der Waals surface area (Å²) in [7, 11) is 1.49. The second kappa shape index (κ2) is 10.6. The molecule has 0 aliphatic heterocycles. The second-order valence-electron chi connectivity index (χ2n) is 8.64. The Morgan fingerprint density at radius 1 is 0.972 bits per heavy atom. The number of aromatic nitrogens is 2. The van der Waals surface area contributed by atoms with Crippen LogP contribution in [0, 0.1) is 11.6 Å². The monoisotopic (exact) mass is 496 g/mol. The molecule has 0 bridgehead atoms. The maximum atomic E-state index is 15.3. The molecule has 3 amide bonds. The van der Waals surface area contributed by atoms with Gasteiger partial charge in [-0.3, -0.25) is 19.5 Å². The molecule has 1 saturated carbocycles. The summed E-state index contributed by atoms with van der Waals surface area (Å²) in [6.45, 7) is 0. The zero-order valence-corrected chi connectivity index (χ0v) is 19.5. The van der Waals surface area contributed by atoms with Crippen molar-refractivity contribution in [1.82, 2.24) is 20.8 Å². The number of halogens is 2. The Morgan fingerprint density at radius 3 is 2.33 bits per heavy atom. The molecule has 0 atom stereocenters. The summed E-state index contributed by atoms with van der Waals surface area (Å²) in [5, 5.41) is 14.1. The Hall–Kier alpha value is -4.12. The average molecular weight is 497 g/mol. The molecule has 11 heteroatoms. The molecule has 1 aromatic heterocycles. The Labute approximate surface area is 205 Å². The predicted molar refractivity (Wildman–Crippen MR) is 129 cm³/mol. The SMILES string of the molecule is CNC(=O)c1ccc(-c2ccc(F)c(C(=O)Nc3cn[nH]c3C(=O)NC3CCC(N)CC3)c2F)cc1. The molecular weight excluding hydrogens is 470 g/mol. The minimum absolute atomic E-state index is 0.0101. The number of nitrogens with two attached hydrogens (primary N) is 1. The van der Waals surface area contributed by atoms with Crippen molar-refractivity contribution in [2.45, 2.75) is 37.8 Å². The first-order valence-corrected chi connectivity index (χ1v) is 11.5. The van der Waals surface area contributed by atoms with Gasteiger partial charge in [0, 0.05) is 30.3 Å². The van der Waals surface area contributed by atoms with E-state index in [1.807, 2.05) is 0 Å². The molecule has 4 rings (SSSR count). The number of rotatable bonds is 6. The van der Waals surface area contributed by atoms with Gasteiger partial charge in [-0.05, 0) is 55.5 Å². The topological polar surface area (TPSA) is 142 Å². The van der Waals surface area contributed by atoms with Gasteiger partial charge in [-0.15, -0.1) is 0 Å². The van der Waals surface area contributed by atoms with Crippen LogP contribution in [0.1, 0.15) is 56.9 Å². The molecule has 1 heterocycles. The Bertz CT molecular complexity index is 1280. The van der Waals surface area contributed by atoms with Gasteiger partial charge in [-0.1, -0.05) is 12.1 Å². The lowest BCUT2D eigenvalue weighted by Crippen LogP contribution is -2.40. The fraction of sp³-hybridized carbons (Fsp3) is 0.280. The fourth-order valence-corrected chi connectivity index (χ4v) is 4.19.